The minimum Gasteiger partial charge on any atom is -0.308 e. The second-order valence-electron chi connectivity index (χ2n) is 4.36. The highest BCUT2D eigenvalue weighted by atomic mass is 79.9. The molecule has 0 atom stereocenters. The second-order valence-corrected chi connectivity index (χ2v) is 5.27. The smallest absolute Gasteiger partial charge is 0.308 e. The Morgan fingerprint density at radius 3 is 2.26 bits per heavy atom. The molecule has 0 spiro atoms. The summed E-state index contributed by atoms with van der Waals surface area (Å²) in [4.78, 5) is 12.0. The standard InChI is InChI=1S/C15H15BrN2O/c1-10-5-3-6-11(2)14(10)18-15(19)17-13-8-4-7-12(16)9-13/h3-9H,1-2H3,(H2,17,18,19). The van der Waals surface area contributed by atoms with Gasteiger partial charge in [-0.25, -0.2) is 4.79 Å². The quantitative estimate of drug-likeness (QED) is 0.827. The first kappa shape index (κ1) is 13.6. The van der Waals surface area contributed by atoms with Crippen LogP contribution in [0, 0.1) is 13.8 Å². The number of hydrogen-bond acceptors (Lipinski definition) is 1. The van der Waals surface area contributed by atoms with Crippen molar-refractivity contribution in [1.82, 2.24) is 0 Å². The van der Waals surface area contributed by atoms with Gasteiger partial charge in [-0.2, -0.15) is 0 Å². The Balaban J connectivity index is 2.10. The van der Waals surface area contributed by atoms with Crippen molar-refractivity contribution in [2.75, 3.05) is 10.6 Å². The lowest BCUT2D eigenvalue weighted by molar-refractivity contribution is 0.262. The van der Waals surface area contributed by atoms with Crippen LogP contribution in [0.3, 0.4) is 0 Å². The first-order valence-electron chi connectivity index (χ1n) is 5.96. The van der Waals surface area contributed by atoms with Gasteiger partial charge in [0, 0.05) is 15.8 Å². The molecule has 2 aromatic carbocycles. The van der Waals surface area contributed by atoms with E-state index in [0.29, 0.717) is 0 Å². The van der Waals surface area contributed by atoms with Crippen molar-refractivity contribution in [3.05, 3.63) is 58.1 Å². The molecule has 2 N–H and O–H groups in total. The molecule has 98 valence electrons. The van der Waals surface area contributed by atoms with Crippen LogP contribution in [-0.4, -0.2) is 6.03 Å². The summed E-state index contributed by atoms with van der Waals surface area (Å²) in [5, 5.41) is 5.69. The fraction of sp³-hybridized carbons (Fsp3) is 0.133. The molecule has 2 rings (SSSR count). The lowest BCUT2D eigenvalue weighted by atomic mass is 10.1. The van der Waals surface area contributed by atoms with Crippen molar-refractivity contribution in [2.45, 2.75) is 13.8 Å². The SMILES string of the molecule is Cc1cccc(C)c1NC(=O)Nc1cccc(Br)c1. The van der Waals surface area contributed by atoms with Crippen LogP contribution < -0.4 is 10.6 Å². The molecule has 0 aliphatic carbocycles. The van der Waals surface area contributed by atoms with Gasteiger partial charge in [0.2, 0.25) is 0 Å². The summed E-state index contributed by atoms with van der Waals surface area (Å²) in [5.41, 5.74) is 3.70. The van der Waals surface area contributed by atoms with Crippen LogP contribution in [0.25, 0.3) is 0 Å². The Hall–Kier alpha value is -1.81. The minimum absolute atomic E-state index is 0.240. The van der Waals surface area contributed by atoms with Crippen molar-refractivity contribution in [2.24, 2.45) is 0 Å². The molecule has 0 saturated carbocycles. The number of urea groups is 1. The molecule has 0 aliphatic heterocycles. The van der Waals surface area contributed by atoms with E-state index in [4.69, 9.17) is 0 Å². The van der Waals surface area contributed by atoms with Gasteiger partial charge in [0.15, 0.2) is 0 Å². The Kier molecular flexibility index (Phi) is 4.22. The van der Waals surface area contributed by atoms with Gasteiger partial charge in [0.05, 0.1) is 0 Å². The third kappa shape index (κ3) is 3.58. The lowest BCUT2D eigenvalue weighted by Gasteiger charge is -2.12. The maximum absolute atomic E-state index is 12.0. The van der Waals surface area contributed by atoms with E-state index in [1.165, 1.54) is 0 Å². The van der Waals surface area contributed by atoms with E-state index in [1.54, 1.807) is 0 Å². The van der Waals surface area contributed by atoms with Gasteiger partial charge >= 0.3 is 6.03 Å². The normalized spacial score (nSPS) is 10.1. The first-order valence-corrected chi connectivity index (χ1v) is 6.75. The van der Waals surface area contributed by atoms with E-state index in [0.717, 1.165) is 27.0 Å². The monoisotopic (exact) mass is 318 g/mol. The summed E-state index contributed by atoms with van der Waals surface area (Å²) in [5.74, 6) is 0. The van der Waals surface area contributed by atoms with Crippen LogP contribution in [-0.2, 0) is 0 Å². The molecule has 0 aromatic heterocycles. The zero-order valence-corrected chi connectivity index (χ0v) is 12.4. The summed E-state index contributed by atoms with van der Waals surface area (Å²) in [7, 11) is 0. The van der Waals surface area contributed by atoms with Crippen molar-refractivity contribution in [3.8, 4) is 0 Å². The molecular formula is C15H15BrN2O. The molecule has 0 radical (unpaired) electrons. The highest BCUT2D eigenvalue weighted by molar-refractivity contribution is 9.10. The van der Waals surface area contributed by atoms with Crippen LogP contribution >= 0.6 is 15.9 Å². The van der Waals surface area contributed by atoms with E-state index in [2.05, 4.69) is 26.6 Å². The number of anilines is 2. The third-order valence-corrected chi connectivity index (χ3v) is 3.30. The fourth-order valence-electron chi connectivity index (χ4n) is 1.85. The zero-order chi connectivity index (χ0) is 13.8. The first-order chi connectivity index (χ1) is 9.06. The summed E-state index contributed by atoms with van der Waals surface area (Å²) in [6.45, 7) is 3.95. The molecular weight excluding hydrogens is 304 g/mol. The molecule has 0 fully saturated rings. The van der Waals surface area contributed by atoms with Crippen molar-refractivity contribution < 1.29 is 4.79 Å². The molecule has 4 heteroatoms. The van der Waals surface area contributed by atoms with Gasteiger partial charge in [-0.15, -0.1) is 0 Å². The van der Waals surface area contributed by atoms with Crippen LogP contribution in [0.4, 0.5) is 16.2 Å². The zero-order valence-electron chi connectivity index (χ0n) is 10.8. The topological polar surface area (TPSA) is 41.1 Å². The minimum atomic E-state index is -0.240. The summed E-state index contributed by atoms with van der Waals surface area (Å²) < 4.78 is 0.928. The summed E-state index contributed by atoms with van der Waals surface area (Å²) >= 11 is 3.37. The average molecular weight is 319 g/mol. The Morgan fingerprint density at radius 1 is 1.00 bits per heavy atom. The van der Waals surface area contributed by atoms with Crippen LogP contribution in [0.2, 0.25) is 0 Å². The number of nitrogens with one attached hydrogen (secondary N) is 2. The van der Waals surface area contributed by atoms with Crippen LogP contribution in [0.15, 0.2) is 46.9 Å². The van der Waals surface area contributed by atoms with E-state index >= 15 is 0 Å². The maximum Gasteiger partial charge on any atom is 0.323 e. The number of hydrogen-bond donors (Lipinski definition) is 2. The van der Waals surface area contributed by atoms with E-state index < -0.39 is 0 Å². The lowest BCUT2D eigenvalue weighted by Crippen LogP contribution is -2.20. The Bertz CT molecular complexity index is 591. The number of aryl methyl sites for hydroxylation is 2. The van der Waals surface area contributed by atoms with Crippen molar-refractivity contribution >= 4 is 33.3 Å². The number of amides is 2. The fourth-order valence-corrected chi connectivity index (χ4v) is 2.25. The van der Waals surface area contributed by atoms with Gasteiger partial charge in [0.25, 0.3) is 0 Å². The molecule has 0 heterocycles. The Labute approximate surface area is 121 Å². The number of rotatable bonds is 2. The molecule has 0 saturated heterocycles. The highest BCUT2D eigenvalue weighted by Crippen LogP contribution is 2.20. The second kappa shape index (κ2) is 5.89. The molecule has 0 bridgehead atoms. The molecule has 0 aliphatic rings. The van der Waals surface area contributed by atoms with Crippen molar-refractivity contribution in [1.29, 1.82) is 0 Å². The van der Waals surface area contributed by atoms with Gasteiger partial charge in [-0.3, -0.25) is 0 Å². The molecule has 2 aromatic rings. The highest BCUT2D eigenvalue weighted by Gasteiger charge is 2.07. The van der Waals surface area contributed by atoms with Gasteiger partial charge < -0.3 is 10.6 Å². The molecule has 2 amide bonds. The van der Waals surface area contributed by atoms with E-state index in [1.807, 2.05) is 56.3 Å². The average Bonchev–Trinajstić information content (AvgIpc) is 2.34. The number of carbonyl (C=O) groups is 1. The maximum atomic E-state index is 12.0. The number of carbonyl (C=O) groups excluding carboxylic acids is 1. The largest absolute Gasteiger partial charge is 0.323 e. The summed E-state index contributed by atoms with van der Waals surface area (Å²) in [6.07, 6.45) is 0. The molecule has 0 unspecified atom stereocenters. The van der Waals surface area contributed by atoms with E-state index in [-0.39, 0.29) is 6.03 Å². The Morgan fingerprint density at radius 2 is 1.63 bits per heavy atom. The predicted octanol–water partition coefficient (Wildman–Crippen LogP) is 4.71. The number of halogens is 1. The van der Waals surface area contributed by atoms with Crippen LogP contribution in [0.1, 0.15) is 11.1 Å². The van der Waals surface area contributed by atoms with Gasteiger partial charge in [-0.1, -0.05) is 40.2 Å². The third-order valence-electron chi connectivity index (χ3n) is 2.80. The van der Waals surface area contributed by atoms with Gasteiger partial charge in [0.1, 0.15) is 0 Å². The number of para-hydroxylation sites is 1. The number of benzene rings is 2. The van der Waals surface area contributed by atoms with Gasteiger partial charge in [-0.05, 0) is 43.2 Å². The predicted molar refractivity (Wildman–Crippen MR) is 82.7 cm³/mol. The van der Waals surface area contributed by atoms with Crippen molar-refractivity contribution in [3.63, 3.8) is 0 Å². The molecule has 3 nitrogen and oxygen atoms in total. The van der Waals surface area contributed by atoms with E-state index in [9.17, 15) is 4.79 Å². The molecule has 19 heavy (non-hydrogen) atoms. The van der Waals surface area contributed by atoms with Crippen LogP contribution in [0.5, 0.6) is 0 Å². The summed E-state index contributed by atoms with van der Waals surface area (Å²) in [6, 6.07) is 13.2.